The number of carbonyl (C=O) groups excluding carboxylic acids is 2. The van der Waals surface area contributed by atoms with Gasteiger partial charge in [0.1, 0.15) is 5.60 Å². The molecule has 6 rings (SSSR count). The molecule has 2 aliphatic rings. The second kappa shape index (κ2) is 11.2. The largest absolute Gasteiger partial charge is 0.462 e. The van der Waals surface area contributed by atoms with Crippen molar-refractivity contribution in [1.29, 1.82) is 0 Å². The van der Waals surface area contributed by atoms with E-state index in [0.29, 0.717) is 35.9 Å². The first kappa shape index (κ1) is 28.0. The summed E-state index contributed by atoms with van der Waals surface area (Å²) in [6, 6.07) is 18.0. The number of carbonyl (C=O) groups is 2. The average molecular weight is 563 g/mol. The number of hydrogen-bond donors (Lipinski definition) is 0. The molecule has 0 radical (unpaired) electrons. The van der Waals surface area contributed by atoms with Crippen molar-refractivity contribution in [2.45, 2.75) is 77.9 Å². The van der Waals surface area contributed by atoms with Gasteiger partial charge in [-0.25, -0.2) is 9.59 Å². The lowest BCUT2D eigenvalue weighted by molar-refractivity contribution is 0.00694. The van der Waals surface area contributed by atoms with Crippen molar-refractivity contribution in [3.05, 3.63) is 88.7 Å². The fraction of sp³-hybridized carbons (Fsp3) is 0.361. The van der Waals surface area contributed by atoms with E-state index >= 15 is 0 Å². The molecule has 0 N–H and O–H groups in total. The van der Waals surface area contributed by atoms with E-state index in [1.807, 2.05) is 39.8 Å². The van der Waals surface area contributed by atoms with Gasteiger partial charge < -0.3 is 14.0 Å². The van der Waals surface area contributed by atoms with Crippen LogP contribution in [0.15, 0.2) is 60.8 Å². The molecule has 0 amide bonds. The van der Waals surface area contributed by atoms with Crippen molar-refractivity contribution in [1.82, 2.24) is 9.55 Å². The van der Waals surface area contributed by atoms with Crippen molar-refractivity contribution in [3.8, 4) is 11.3 Å². The zero-order valence-electron chi connectivity index (χ0n) is 24.9. The molecule has 0 unspecified atom stereocenters. The Kier molecular flexibility index (Phi) is 7.48. The average Bonchev–Trinajstić information content (AvgIpc) is 3.19. The Balaban J connectivity index is 1.60. The van der Waals surface area contributed by atoms with Crippen LogP contribution in [-0.4, -0.2) is 33.7 Å². The molecule has 6 nitrogen and oxygen atoms in total. The predicted molar refractivity (Wildman–Crippen MR) is 166 cm³/mol. The van der Waals surface area contributed by atoms with Crippen LogP contribution in [0, 0.1) is 0 Å². The number of esters is 2. The van der Waals surface area contributed by atoms with Gasteiger partial charge >= 0.3 is 11.9 Å². The van der Waals surface area contributed by atoms with Crippen molar-refractivity contribution in [2.75, 3.05) is 6.61 Å². The zero-order chi connectivity index (χ0) is 29.4. The molecule has 3 heterocycles. The maximum absolute atomic E-state index is 13.2. The van der Waals surface area contributed by atoms with Crippen molar-refractivity contribution in [3.63, 3.8) is 0 Å². The number of aromatic nitrogens is 2. The number of rotatable bonds is 5. The van der Waals surface area contributed by atoms with Gasteiger partial charge in [-0.3, -0.25) is 4.98 Å². The molecular weight excluding hydrogens is 524 g/mol. The first-order valence-electron chi connectivity index (χ1n) is 15.1. The molecule has 4 aromatic rings. The molecule has 1 aliphatic carbocycles. The topological polar surface area (TPSA) is 70.4 Å². The first-order valence-corrected chi connectivity index (χ1v) is 15.1. The molecule has 1 aliphatic heterocycles. The molecule has 216 valence electrons. The van der Waals surface area contributed by atoms with Gasteiger partial charge in [-0.2, -0.15) is 0 Å². The summed E-state index contributed by atoms with van der Waals surface area (Å²) in [5.41, 5.74) is 7.68. The highest BCUT2D eigenvalue weighted by Crippen LogP contribution is 2.47. The Bertz CT molecular complexity index is 1700. The fourth-order valence-electron chi connectivity index (χ4n) is 6.52. The van der Waals surface area contributed by atoms with Crippen LogP contribution in [0.2, 0.25) is 0 Å². The van der Waals surface area contributed by atoms with Gasteiger partial charge in [0.05, 0.1) is 35.7 Å². The fourth-order valence-corrected chi connectivity index (χ4v) is 6.52. The molecule has 0 atom stereocenters. The zero-order valence-corrected chi connectivity index (χ0v) is 24.9. The van der Waals surface area contributed by atoms with Crippen LogP contribution in [0.25, 0.3) is 33.8 Å². The Morgan fingerprint density at radius 1 is 0.976 bits per heavy atom. The van der Waals surface area contributed by atoms with Gasteiger partial charge in [-0.1, -0.05) is 49.6 Å². The summed E-state index contributed by atoms with van der Waals surface area (Å²) >= 11 is 0. The van der Waals surface area contributed by atoms with Gasteiger partial charge in [0.15, 0.2) is 0 Å². The number of fused-ring (bicyclic) bond motifs is 5. The molecule has 0 bridgehead atoms. The summed E-state index contributed by atoms with van der Waals surface area (Å²) in [7, 11) is 0. The van der Waals surface area contributed by atoms with Gasteiger partial charge in [-0.05, 0) is 93.5 Å². The van der Waals surface area contributed by atoms with Crippen molar-refractivity contribution >= 4 is 34.5 Å². The van der Waals surface area contributed by atoms with E-state index in [4.69, 9.17) is 14.5 Å². The highest BCUT2D eigenvalue weighted by atomic mass is 16.6. The van der Waals surface area contributed by atoms with Crippen LogP contribution in [0.1, 0.15) is 103 Å². The summed E-state index contributed by atoms with van der Waals surface area (Å²) < 4.78 is 13.5. The third kappa shape index (κ3) is 5.26. The summed E-state index contributed by atoms with van der Waals surface area (Å²) in [5, 5.41) is 1.17. The van der Waals surface area contributed by atoms with Gasteiger partial charge in [-0.15, -0.1) is 0 Å². The smallest absolute Gasteiger partial charge is 0.340 e. The van der Waals surface area contributed by atoms with E-state index in [9.17, 15) is 9.59 Å². The van der Waals surface area contributed by atoms with Crippen LogP contribution < -0.4 is 0 Å². The van der Waals surface area contributed by atoms with E-state index in [1.165, 1.54) is 35.9 Å². The number of benzene rings is 2. The minimum absolute atomic E-state index is 0.291. The summed E-state index contributed by atoms with van der Waals surface area (Å²) in [5.74, 6) is -0.283. The Morgan fingerprint density at radius 3 is 2.52 bits per heavy atom. The number of ether oxygens (including phenoxy) is 2. The van der Waals surface area contributed by atoms with E-state index in [2.05, 4.69) is 41.0 Å². The summed E-state index contributed by atoms with van der Waals surface area (Å²) in [4.78, 5) is 30.9. The lowest BCUT2D eigenvalue weighted by atomic mass is 9.81. The first-order chi connectivity index (χ1) is 20.2. The summed E-state index contributed by atoms with van der Waals surface area (Å²) in [6.07, 6.45) is 9.88. The summed E-state index contributed by atoms with van der Waals surface area (Å²) in [6.45, 7) is 8.25. The number of allylic oxidation sites excluding steroid dienone is 1. The van der Waals surface area contributed by atoms with E-state index < -0.39 is 5.60 Å². The predicted octanol–water partition coefficient (Wildman–Crippen LogP) is 8.44. The third-order valence-electron chi connectivity index (χ3n) is 8.23. The Morgan fingerprint density at radius 2 is 1.76 bits per heavy atom. The highest BCUT2D eigenvalue weighted by molar-refractivity contribution is 6.03. The van der Waals surface area contributed by atoms with E-state index in [0.717, 1.165) is 35.1 Å². The minimum atomic E-state index is -0.591. The SMILES string of the molecule is CCOC(=O)c1cccnc1C1=Cc2ccccc2-c2c(C3CCCCC3)c3ccc(C(=O)OC(C)(C)C)cc3n2C1. The lowest BCUT2D eigenvalue weighted by Gasteiger charge is -2.24. The third-order valence-corrected chi connectivity index (χ3v) is 8.23. The van der Waals surface area contributed by atoms with Crippen LogP contribution in [0.5, 0.6) is 0 Å². The number of nitrogens with zero attached hydrogens (tertiary/aromatic N) is 2. The molecule has 0 saturated heterocycles. The quantitative estimate of drug-likeness (QED) is 0.228. The Labute approximate surface area is 247 Å². The Hall–Kier alpha value is -4.19. The second-order valence-corrected chi connectivity index (χ2v) is 12.3. The van der Waals surface area contributed by atoms with E-state index in [-0.39, 0.29) is 11.9 Å². The normalized spacial score (nSPS) is 15.4. The standard InChI is InChI=1S/C36H38N2O4/c1-5-41-35(40)29-16-11-19-37-32(29)26-20-24-14-9-10-15-27(24)33-31(23-12-7-6-8-13-23)28-18-17-25(21-30(28)38(33)22-26)34(39)42-36(2,3)4/h9-11,14-21,23H,5-8,12-13,22H2,1-4H3. The van der Waals surface area contributed by atoms with Crippen molar-refractivity contribution < 1.29 is 19.1 Å². The molecule has 0 spiro atoms. The monoisotopic (exact) mass is 562 g/mol. The van der Waals surface area contributed by atoms with Gasteiger partial charge in [0.25, 0.3) is 0 Å². The molecule has 42 heavy (non-hydrogen) atoms. The van der Waals surface area contributed by atoms with Crippen LogP contribution in [0.4, 0.5) is 0 Å². The molecule has 1 fully saturated rings. The molecule has 1 saturated carbocycles. The molecular formula is C36H38N2O4. The maximum Gasteiger partial charge on any atom is 0.340 e. The lowest BCUT2D eigenvalue weighted by Crippen LogP contribution is -2.23. The van der Waals surface area contributed by atoms with Gasteiger partial charge in [0, 0.05) is 22.7 Å². The number of hydrogen-bond acceptors (Lipinski definition) is 5. The van der Waals surface area contributed by atoms with Crippen LogP contribution in [-0.2, 0) is 16.0 Å². The second-order valence-electron chi connectivity index (χ2n) is 12.3. The number of pyridine rings is 1. The minimum Gasteiger partial charge on any atom is -0.462 e. The molecule has 2 aromatic heterocycles. The van der Waals surface area contributed by atoms with Crippen molar-refractivity contribution in [2.24, 2.45) is 0 Å². The molecule has 6 heteroatoms. The highest BCUT2D eigenvalue weighted by Gasteiger charge is 2.31. The van der Waals surface area contributed by atoms with Gasteiger partial charge in [0.2, 0.25) is 0 Å². The van der Waals surface area contributed by atoms with Crippen LogP contribution in [0.3, 0.4) is 0 Å². The maximum atomic E-state index is 13.2. The van der Waals surface area contributed by atoms with E-state index in [1.54, 1.807) is 18.3 Å². The van der Waals surface area contributed by atoms with Crippen LogP contribution >= 0.6 is 0 Å². The molecule has 2 aromatic carbocycles.